The van der Waals surface area contributed by atoms with Crippen LogP contribution in [0.4, 0.5) is 5.69 Å². The molecule has 4 rings (SSSR count). The molecule has 30 heavy (non-hydrogen) atoms. The van der Waals surface area contributed by atoms with Gasteiger partial charge in [-0.3, -0.25) is 4.79 Å². The summed E-state index contributed by atoms with van der Waals surface area (Å²) < 4.78 is 33.1. The van der Waals surface area contributed by atoms with Crippen LogP contribution < -0.4 is 9.64 Å². The van der Waals surface area contributed by atoms with Crippen LogP contribution in [-0.4, -0.2) is 63.9 Å². The summed E-state index contributed by atoms with van der Waals surface area (Å²) in [5, 5.41) is 0. The number of ether oxygens (including phenoxy) is 1. The highest BCUT2D eigenvalue weighted by Gasteiger charge is 2.31. The number of likely N-dealkylation sites (N-methyl/N-ethyl adjacent to an activating group) is 1. The summed E-state index contributed by atoms with van der Waals surface area (Å²) in [6.07, 6.45) is 1.70. The van der Waals surface area contributed by atoms with E-state index in [4.69, 9.17) is 4.74 Å². The number of para-hydroxylation sites is 1. The van der Waals surface area contributed by atoms with E-state index in [0.29, 0.717) is 38.3 Å². The van der Waals surface area contributed by atoms with Crippen molar-refractivity contribution in [3.05, 3.63) is 53.6 Å². The van der Waals surface area contributed by atoms with Crippen LogP contribution in [-0.2, 0) is 16.6 Å². The molecule has 0 aromatic heterocycles. The Balaban J connectivity index is 1.67. The maximum absolute atomic E-state index is 13.3. The number of carbonyl (C=O) groups excluding carboxylic acids is 1. The zero-order chi connectivity index (χ0) is 21.3. The van der Waals surface area contributed by atoms with E-state index in [0.717, 1.165) is 24.1 Å². The van der Waals surface area contributed by atoms with E-state index in [1.54, 1.807) is 17.0 Å². The average molecular weight is 430 g/mol. The summed E-state index contributed by atoms with van der Waals surface area (Å²) >= 11 is 0. The number of hydrogen-bond donors (Lipinski definition) is 0. The van der Waals surface area contributed by atoms with Crippen LogP contribution in [0.2, 0.25) is 0 Å². The highest BCUT2D eigenvalue weighted by Crippen LogP contribution is 2.31. The van der Waals surface area contributed by atoms with Crippen molar-refractivity contribution in [2.24, 2.45) is 0 Å². The van der Waals surface area contributed by atoms with Gasteiger partial charge in [0.15, 0.2) is 0 Å². The van der Waals surface area contributed by atoms with Crippen LogP contribution in [0, 0.1) is 0 Å². The molecule has 0 unspecified atom stereocenters. The fourth-order valence-electron chi connectivity index (χ4n) is 4.13. The van der Waals surface area contributed by atoms with Gasteiger partial charge >= 0.3 is 0 Å². The molecule has 2 heterocycles. The zero-order valence-corrected chi connectivity index (χ0v) is 18.2. The average Bonchev–Trinajstić information content (AvgIpc) is 3.26. The number of hydrogen-bond acceptors (Lipinski definition) is 5. The van der Waals surface area contributed by atoms with Crippen molar-refractivity contribution in [1.82, 2.24) is 9.21 Å². The first-order valence-electron chi connectivity index (χ1n) is 10.2. The van der Waals surface area contributed by atoms with E-state index in [2.05, 4.69) is 11.0 Å². The molecule has 2 aliphatic heterocycles. The van der Waals surface area contributed by atoms with Gasteiger partial charge in [-0.15, -0.1) is 0 Å². The Morgan fingerprint density at radius 1 is 1.00 bits per heavy atom. The van der Waals surface area contributed by atoms with Crippen molar-refractivity contribution in [3.63, 3.8) is 0 Å². The van der Waals surface area contributed by atoms with Crippen molar-refractivity contribution < 1.29 is 17.9 Å². The minimum atomic E-state index is -3.70. The molecule has 160 valence electrons. The summed E-state index contributed by atoms with van der Waals surface area (Å²) in [6.45, 7) is 2.75. The number of amides is 1. The van der Waals surface area contributed by atoms with Gasteiger partial charge in [-0.1, -0.05) is 18.2 Å². The molecule has 7 nitrogen and oxygen atoms in total. The first-order valence-corrected chi connectivity index (χ1v) is 11.6. The second-order valence-corrected chi connectivity index (χ2v) is 9.66. The molecule has 0 radical (unpaired) electrons. The molecule has 1 saturated heterocycles. The summed E-state index contributed by atoms with van der Waals surface area (Å²) in [7, 11) is -0.243. The second-order valence-electron chi connectivity index (χ2n) is 7.75. The van der Waals surface area contributed by atoms with Gasteiger partial charge in [0, 0.05) is 51.0 Å². The SMILES string of the molecule is COc1ccc(C(=O)N2CCN(C)c3ccccc3C2)cc1S(=O)(=O)N1CCCC1. The van der Waals surface area contributed by atoms with Gasteiger partial charge < -0.3 is 14.5 Å². The van der Waals surface area contributed by atoms with E-state index in [-0.39, 0.29) is 16.6 Å². The number of benzene rings is 2. The van der Waals surface area contributed by atoms with Gasteiger partial charge in [-0.2, -0.15) is 4.31 Å². The minimum Gasteiger partial charge on any atom is -0.495 e. The Morgan fingerprint density at radius 2 is 1.73 bits per heavy atom. The van der Waals surface area contributed by atoms with Crippen LogP contribution in [0.25, 0.3) is 0 Å². The number of anilines is 1. The van der Waals surface area contributed by atoms with Gasteiger partial charge in [0.25, 0.3) is 5.91 Å². The monoisotopic (exact) mass is 429 g/mol. The number of methoxy groups -OCH3 is 1. The number of carbonyl (C=O) groups is 1. The standard InChI is InChI=1S/C22H27N3O4S/c1-23-13-14-24(16-18-7-3-4-8-19(18)23)22(26)17-9-10-20(29-2)21(15-17)30(27,28)25-11-5-6-12-25/h3-4,7-10,15H,5-6,11-14,16H2,1-2H3. The van der Waals surface area contributed by atoms with Crippen molar-refractivity contribution in [2.45, 2.75) is 24.3 Å². The summed E-state index contributed by atoms with van der Waals surface area (Å²) in [4.78, 5) is 17.3. The summed E-state index contributed by atoms with van der Waals surface area (Å²) in [5.74, 6) is 0.0834. The quantitative estimate of drug-likeness (QED) is 0.747. The largest absolute Gasteiger partial charge is 0.495 e. The minimum absolute atomic E-state index is 0.0603. The molecule has 8 heteroatoms. The van der Waals surface area contributed by atoms with Crippen LogP contribution in [0.1, 0.15) is 28.8 Å². The smallest absolute Gasteiger partial charge is 0.254 e. The van der Waals surface area contributed by atoms with Gasteiger partial charge in [0.2, 0.25) is 10.0 Å². The predicted molar refractivity (Wildman–Crippen MR) is 115 cm³/mol. The first-order chi connectivity index (χ1) is 14.4. The molecule has 0 aliphatic carbocycles. The third kappa shape index (κ3) is 3.77. The van der Waals surface area contributed by atoms with Crippen molar-refractivity contribution >= 4 is 21.6 Å². The molecule has 0 bridgehead atoms. The highest BCUT2D eigenvalue weighted by atomic mass is 32.2. The molecule has 2 aliphatic rings. The fraction of sp³-hybridized carbons (Fsp3) is 0.409. The van der Waals surface area contributed by atoms with Crippen molar-refractivity contribution in [2.75, 3.05) is 45.2 Å². The summed E-state index contributed by atoms with van der Waals surface area (Å²) in [6, 6.07) is 12.7. The van der Waals surface area contributed by atoms with E-state index in [9.17, 15) is 13.2 Å². The number of fused-ring (bicyclic) bond motifs is 1. The molecule has 0 atom stereocenters. The maximum atomic E-state index is 13.3. The van der Waals surface area contributed by atoms with Crippen LogP contribution in [0.5, 0.6) is 5.75 Å². The van der Waals surface area contributed by atoms with Crippen molar-refractivity contribution in [1.29, 1.82) is 0 Å². The Labute approximate surface area is 177 Å². The lowest BCUT2D eigenvalue weighted by Gasteiger charge is -2.22. The van der Waals surface area contributed by atoms with Crippen LogP contribution >= 0.6 is 0 Å². The Hall–Kier alpha value is -2.58. The third-order valence-corrected chi connectivity index (χ3v) is 7.77. The lowest BCUT2D eigenvalue weighted by atomic mass is 10.1. The van der Waals surface area contributed by atoms with Gasteiger partial charge in [0.1, 0.15) is 10.6 Å². The van der Waals surface area contributed by atoms with E-state index >= 15 is 0 Å². The molecule has 1 amide bonds. The molecule has 0 saturated carbocycles. The van der Waals surface area contributed by atoms with Crippen LogP contribution in [0.15, 0.2) is 47.4 Å². The molecule has 2 aromatic rings. The van der Waals surface area contributed by atoms with Crippen molar-refractivity contribution in [3.8, 4) is 5.75 Å². The molecule has 1 fully saturated rings. The normalized spacial score (nSPS) is 17.5. The van der Waals surface area contributed by atoms with E-state index < -0.39 is 10.0 Å². The Bertz CT molecular complexity index is 1050. The topological polar surface area (TPSA) is 70.2 Å². The Kier molecular flexibility index (Phi) is 5.71. The predicted octanol–water partition coefficient (Wildman–Crippen LogP) is 2.57. The lowest BCUT2D eigenvalue weighted by Crippen LogP contribution is -2.34. The maximum Gasteiger partial charge on any atom is 0.254 e. The van der Waals surface area contributed by atoms with Gasteiger partial charge in [-0.25, -0.2) is 8.42 Å². The highest BCUT2D eigenvalue weighted by molar-refractivity contribution is 7.89. The van der Waals surface area contributed by atoms with Gasteiger partial charge in [0.05, 0.1) is 7.11 Å². The summed E-state index contributed by atoms with van der Waals surface area (Å²) in [5.41, 5.74) is 2.54. The van der Waals surface area contributed by atoms with E-state index in [1.807, 2.05) is 25.2 Å². The second kappa shape index (κ2) is 8.28. The number of sulfonamides is 1. The zero-order valence-electron chi connectivity index (χ0n) is 17.4. The molecule has 0 spiro atoms. The van der Waals surface area contributed by atoms with Gasteiger partial charge in [-0.05, 0) is 42.7 Å². The molecular weight excluding hydrogens is 402 g/mol. The Morgan fingerprint density at radius 3 is 2.47 bits per heavy atom. The third-order valence-electron chi connectivity index (χ3n) is 5.85. The molecular formula is C22H27N3O4S. The lowest BCUT2D eigenvalue weighted by molar-refractivity contribution is 0.0751. The number of rotatable bonds is 4. The van der Waals surface area contributed by atoms with E-state index in [1.165, 1.54) is 17.5 Å². The fourth-order valence-corrected chi connectivity index (χ4v) is 5.83. The first kappa shape index (κ1) is 20.7. The molecule has 0 N–H and O–H groups in total. The van der Waals surface area contributed by atoms with Crippen LogP contribution in [0.3, 0.4) is 0 Å². The molecule has 2 aromatic carbocycles. The number of nitrogens with zero attached hydrogens (tertiary/aromatic N) is 3.